The standard InChI is InChI=1S/C16H19FN2O4/c1-10(2)18-13(20)11-3-5-12(6-4-11)14(21)19-8-7-16(17,9-19)15(22)23/h3-6,10H,7-9H2,1-2H3,(H,18,20)(H,22,23). The van der Waals surface area contributed by atoms with E-state index in [2.05, 4.69) is 5.32 Å². The summed E-state index contributed by atoms with van der Waals surface area (Å²) in [5.74, 6) is -2.23. The predicted octanol–water partition coefficient (Wildman–Crippen LogP) is 1.46. The number of nitrogens with one attached hydrogen (secondary N) is 1. The van der Waals surface area contributed by atoms with Crippen LogP contribution in [0, 0.1) is 0 Å². The summed E-state index contributed by atoms with van der Waals surface area (Å²) in [5, 5.41) is 11.6. The van der Waals surface area contributed by atoms with Crippen LogP contribution in [0.3, 0.4) is 0 Å². The van der Waals surface area contributed by atoms with Crippen LogP contribution < -0.4 is 5.32 Å². The Labute approximate surface area is 133 Å². The molecule has 2 amide bonds. The molecule has 1 aromatic rings. The highest BCUT2D eigenvalue weighted by Gasteiger charge is 2.46. The lowest BCUT2D eigenvalue weighted by atomic mass is 10.1. The van der Waals surface area contributed by atoms with Gasteiger partial charge in [0.1, 0.15) is 0 Å². The van der Waals surface area contributed by atoms with Crippen molar-refractivity contribution in [2.75, 3.05) is 13.1 Å². The summed E-state index contributed by atoms with van der Waals surface area (Å²) in [6.45, 7) is 3.28. The maximum atomic E-state index is 14.0. The van der Waals surface area contributed by atoms with Crippen LogP contribution in [0.2, 0.25) is 0 Å². The van der Waals surface area contributed by atoms with Crippen molar-refractivity contribution in [3.05, 3.63) is 35.4 Å². The molecule has 1 unspecified atom stereocenters. The van der Waals surface area contributed by atoms with Gasteiger partial charge in [0, 0.05) is 30.1 Å². The zero-order valence-electron chi connectivity index (χ0n) is 13.0. The molecule has 0 bridgehead atoms. The maximum Gasteiger partial charge on any atom is 0.343 e. The first-order chi connectivity index (χ1) is 10.7. The van der Waals surface area contributed by atoms with Crippen molar-refractivity contribution in [1.29, 1.82) is 0 Å². The van der Waals surface area contributed by atoms with Gasteiger partial charge in [-0.1, -0.05) is 0 Å². The van der Waals surface area contributed by atoms with E-state index in [0.29, 0.717) is 11.1 Å². The average Bonchev–Trinajstić information content (AvgIpc) is 2.90. The van der Waals surface area contributed by atoms with Crippen LogP contribution in [-0.2, 0) is 4.79 Å². The summed E-state index contributed by atoms with van der Waals surface area (Å²) in [4.78, 5) is 36.2. The lowest BCUT2D eigenvalue weighted by molar-refractivity contribution is -0.149. The van der Waals surface area contributed by atoms with Crippen molar-refractivity contribution in [2.24, 2.45) is 0 Å². The van der Waals surface area contributed by atoms with E-state index in [-0.39, 0.29) is 24.9 Å². The number of alkyl halides is 1. The van der Waals surface area contributed by atoms with Crippen molar-refractivity contribution in [2.45, 2.75) is 32.0 Å². The molecule has 7 heteroatoms. The van der Waals surface area contributed by atoms with Crippen molar-refractivity contribution in [3.8, 4) is 0 Å². The third-order valence-corrected chi connectivity index (χ3v) is 3.70. The van der Waals surface area contributed by atoms with E-state index < -0.39 is 24.1 Å². The fraction of sp³-hybridized carbons (Fsp3) is 0.438. The van der Waals surface area contributed by atoms with Gasteiger partial charge in [0.15, 0.2) is 0 Å². The number of likely N-dealkylation sites (tertiary alicyclic amines) is 1. The quantitative estimate of drug-likeness (QED) is 0.879. The Morgan fingerprint density at radius 3 is 2.26 bits per heavy atom. The normalized spacial score (nSPS) is 20.6. The first-order valence-electron chi connectivity index (χ1n) is 7.35. The Morgan fingerprint density at radius 1 is 1.22 bits per heavy atom. The molecule has 1 saturated heterocycles. The highest BCUT2D eigenvalue weighted by atomic mass is 19.1. The van der Waals surface area contributed by atoms with Gasteiger partial charge in [-0.3, -0.25) is 9.59 Å². The minimum absolute atomic E-state index is 0.00195. The van der Waals surface area contributed by atoms with E-state index >= 15 is 0 Å². The van der Waals surface area contributed by atoms with Crippen molar-refractivity contribution in [3.63, 3.8) is 0 Å². The van der Waals surface area contributed by atoms with Gasteiger partial charge in [0.2, 0.25) is 5.67 Å². The number of carbonyl (C=O) groups is 3. The summed E-state index contributed by atoms with van der Waals surface area (Å²) in [5.41, 5.74) is -1.67. The average molecular weight is 322 g/mol. The van der Waals surface area contributed by atoms with E-state index in [0.717, 1.165) is 0 Å². The minimum Gasteiger partial charge on any atom is -0.479 e. The number of nitrogens with zero attached hydrogens (tertiary/aromatic N) is 1. The maximum absolute atomic E-state index is 14.0. The first kappa shape index (κ1) is 16.9. The second-order valence-electron chi connectivity index (χ2n) is 5.95. The van der Waals surface area contributed by atoms with Gasteiger partial charge in [-0.15, -0.1) is 0 Å². The first-order valence-corrected chi connectivity index (χ1v) is 7.35. The Kier molecular flexibility index (Phi) is 4.68. The smallest absolute Gasteiger partial charge is 0.343 e. The fourth-order valence-electron chi connectivity index (χ4n) is 2.41. The molecular weight excluding hydrogens is 303 g/mol. The zero-order valence-corrected chi connectivity index (χ0v) is 13.0. The molecule has 0 aromatic heterocycles. The Bertz CT molecular complexity index is 629. The molecule has 0 radical (unpaired) electrons. The molecule has 6 nitrogen and oxygen atoms in total. The second kappa shape index (κ2) is 6.36. The predicted molar refractivity (Wildman–Crippen MR) is 81.0 cm³/mol. The van der Waals surface area contributed by atoms with E-state index in [9.17, 15) is 18.8 Å². The third-order valence-electron chi connectivity index (χ3n) is 3.70. The monoisotopic (exact) mass is 322 g/mol. The van der Waals surface area contributed by atoms with Gasteiger partial charge in [0.25, 0.3) is 11.8 Å². The number of hydrogen-bond acceptors (Lipinski definition) is 3. The van der Waals surface area contributed by atoms with Gasteiger partial charge in [-0.2, -0.15) is 0 Å². The Hall–Kier alpha value is -2.44. The second-order valence-corrected chi connectivity index (χ2v) is 5.95. The molecule has 2 rings (SSSR count). The molecule has 0 aliphatic carbocycles. The van der Waals surface area contributed by atoms with E-state index in [1.54, 1.807) is 0 Å². The van der Waals surface area contributed by atoms with E-state index in [1.165, 1.54) is 29.2 Å². The topological polar surface area (TPSA) is 86.7 Å². The molecule has 1 aliphatic heterocycles. The molecule has 1 atom stereocenters. The number of amides is 2. The van der Waals surface area contributed by atoms with E-state index in [4.69, 9.17) is 5.11 Å². The SMILES string of the molecule is CC(C)NC(=O)c1ccc(C(=O)N2CCC(F)(C(=O)O)C2)cc1. The largest absolute Gasteiger partial charge is 0.479 e. The molecule has 23 heavy (non-hydrogen) atoms. The molecule has 2 N–H and O–H groups in total. The molecule has 1 aliphatic rings. The number of hydrogen-bond donors (Lipinski definition) is 2. The summed E-state index contributed by atoms with van der Waals surface area (Å²) in [6.07, 6.45) is -0.219. The number of benzene rings is 1. The molecule has 124 valence electrons. The van der Waals surface area contributed by atoms with Crippen LogP contribution >= 0.6 is 0 Å². The summed E-state index contributed by atoms with van der Waals surface area (Å²) < 4.78 is 14.0. The molecule has 1 heterocycles. The number of carbonyl (C=O) groups excluding carboxylic acids is 2. The number of carboxylic acid groups (broad SMARTS) is 1. The summed E-state index contributed by atoms with van der Waals surface area (Å²) in [7, 11) is 0. The van der Waals surface area contributed by atoms with Gasteiger partial charge in [-0.25, -0.2) is 9.18 Å². The van der Waals surface area contributed by atoms with Gasteiger partial charge in [0.05, 0.1) is 6.54 Å². The number of halogens is 1. The molecular formula is C16H19FN2O4. The van der Waals surface area contributed by atoms with Gasteiger partial charge in [-0.05, 0) is 38.1 Å². The molecule has 1 aromatic carbocycles. The van der Waals surface area contributed by atoms with Crippen LogP contribution in [0.25, 0.3) is 0 Å². The Balaban J connectivity index is 2.07. The van der Waals surface area contributed by atoms with Crippen LogP contribution in [0.15, 0.2) is 24.3 Å². The van der Waals surface area contributed by atoms with Crippen LogP contribution in [0.1, 0.15) is 41.0 Å². The van der Waals surface area contributed by atoms with Crippen molar-refractivity contribution in [1.82, 2.24) is 10.2 Å². The van der Waals surface area contributed by atoms with Crippen LogP contribution in [0.5, 0.6) is 0 Å². The van der Waals surface area contributed by atoms with Gasteiger partial charge < -0.3 is 15.3 Å². The molecule has 0 saturated carbocycles. The van der Waals surface area contributed by atoms with Gasteiger partial charge >= 0.3 is 5.97 Å². The zero-order chi connectivity index (χ0) is 17.2. The van der Waals surface area contributed by atoms with Crippen LogP contribution in [0.4, 0.5) is 4.39 Å². The third kappa shape index (κ3) is 3.67. The highest BCUT2D eigenvalue weighted by Crippen LogP contribution is 2.27. The Morgan fingerprint density at radius 2 is 1.78 bits per heavy atom. The lowest BCUT2D eigenvalue weighted by Crippen LogP contribution is -2.38. The summed E-state index contributed by atoms with van der Waals surface area (Å²) >= 11 is 0. The molecule has 1 fully saturated rings. The van der Waals surface area contributed by atoms with E-state index in [1.807, 2.05) is 13.8 Å². The highest BCUT2D eigenvalue weighted by molar-refractivity contribution is 5.98. The van der Waals surface area contributed by atoms with Crippen LogP contribution in [-0.4, -0.2) is 52.6 Å². The number of rotatable bonds is 4. The summed E-state index contributed by atoms with van der Waals surface area (Å²) in [6, 6.07) is 6.00. The van der Waals surface area contributed by atoms with Crippen molar-refractivity contribution >= 4 is 17.8 Å². The molecule has 0 spiro atoms. The fourth-order valence-corrected chi connectivity index (χ4v) is 2.41. The number of carboxylic acids is 1. The van der Waals surface area contributed by atoms with Crippen molar-refractivity contribution < 1.29 is 23.9 Å². The minimum atomic E-state index is -2.38. The number of aliphatic carboxylic acids is 1. The lowest BCUT2D eigenvalue weighted by Gasteiger charge is -2.18.